The van der Waals surface area contributed by atoms with Gasteiger partial charge in [-0.05, 0) is 80.3 Å². The Morgan fingerprint density at radius 3 is 2.36 bits per heavy atom. The molecule has 5 rings (SSSR count). The van der Waals surface area contributed by atoms with Gasteiger partial charge in [-0.25, -0.2) is 13.8 Å². The van der Waals surface area contributed by atoms with Crippen LogP contribution in [0.3, 0.4) is 0 Å². The van der Waals surface area contributed by atoms with E-state index in [1.165, 1.54) is 24.8 Å². The molecule has 10 nitrogen and oxygen atoms in total. The number of alkyl halides is 2. The van der Waals surface area contributed by atoms with Crippen molar-refractivity contribution in [2.45, 2.75) is 57.4 Å². The average molecular weight is 632 g/mol. The first kappa shape index (κ1) is 32.1. The summed E-state index contributed by atoms with van der Waals surface area (Å²) in [6.07, 6.45) is 4.33. The molecule has 3 fully saturated rings. The standard InChI is InChI=1S/C31H43F2N7O3S/c1-21(34)29(42)43-18-19-44-37-22-4-5-23(25(20-22)39-14-10-30(8-9-30)11-15-39)28(41)36-26-7-6-24(38(2)3)27(35-26)40-16-12-31(32,33)13-17-40/h4-7,20-21,37H,8-19,34H2,1-3H3,(H,35,36,41)/t21-/m1/s1. The average Bonchev–Trinajstić information content (AvgIpc) is 3.75. The van der Waals surface area contributed by atoms with Crippen molar-refractivity contribution in [1.82, 2.24) is 4.98 Å². The van der Waals surface area contributed by atoms with E-state index in [1.54, 1.807) is 13.0 Å². The molecule has 4 N–H and O–H groups in total. The molecule has 3 aliphatic rings. The van der Waals surface area contributed by atoms with E-state index in [0.29, 0.717) is 28.4 Å². The van der Waals surface area contributed by atoms with E-state index in [9.17, 15) is 18.4 Å². The lowest BCUT2D eigenvalue weighted by Gasteiger charge is -2.35. The zero-order chi connectivity index (χ0) is 31.5. The number of nitrogens with two attached hydrogens (primary N) is 1. The first-order chi connectivity index (χ1) is 21.0. The van der Waals surface area contributed by atoms with Gasteiger partial charge in [0.1, 0.15) is 18.5 Å². The number of hydrogen-bond donors (Lipinski definition) is 3. The number of nitrogens with one attached hydrogen (secondary N) is 2. The Morgan fingerprint density at radius 2 is 1.73 bits per heavy atom. The predicted octanol–water partition coefficient (Wildman–Crippen LogP) is 4.97. The fourth-order valence-corrected chi connectivity index (χ4v) is 6.28. The van der Waals surface area contributed by atoms with Gasteiger partial charge in [0.25, 0.3) is 11.8 Å². The van der Waals surface area contributed by atoms with Crippen molar-refractivity contribution in [3.8, 4) is 0 Å². The molecule has 0 radical (unpaired) electrons. The van der Waals surface area contributed by atoms with Crippen LogP contribution in [0.4, 0.5) is 37.5 Å². The molecule has 1 atom stereocenters. The number of carbonyl (C=O) groups excluding carboxylic acids is 2. The molecule has 1 aromatic carbocycles. The minimum absolute atomic E-state index is 0.194. The molecule has 0 unspecified atom stereocenters. The molecule has 44 heavy (non-hydrogen) atoms. The van der Waals surface area contributed by atoms with Gasteiger partial charge in [0, 0.05) is 64.6 Å². The number of ether oxygens (including phenoxy) is 1. The first-order valence-electron chi connectivity index (χ1n) is 15.3. The number of rotatable bonds is 11. The van der Waals surface area contributed by atoms with Crippen LogP contribution in [0.15, 0.2) is 30.3 Å². The van der Waals surface area contributed by atoms with Gasteiger partial charge in [0.15, 0.2) is 5.82 Å². The summed E-state index contributed by atoms with van der Waals surface area (Å²) in [6.45, 7) is 3.97. The summed E-state index contributed by atoms with van der Waals surface area (Å²) in [4.78, 5) is 36.1. The second-order valence-corrected chi connectivity index (χ2v) is 13.3. The van der Waals surface area contributed by atoms with E-state index >= 15 is 0 Å². The molecule has 1 saturated carbocycles. The van der Waals surface area contributed by atoms with Crippen molar-refractivity contribution >= 4 is 52.5 Å². The quantitative estimate of drug-likeness (QED) is 0.178. The topological polar surface area (TPSA) is 116 Å². The number of amides is 1. The zero-order valence-corrected chi connectivity index (χ0v) is 26.5. The first-order valence-corrected chi connectivity index (χ1v) is 16.3. The van der Waals surface area contributed by atoms with Crippen molar-refractivity contribution in [3.63, 3.8) is 0 Å². The van der Waals surface area contributed by atoms with Gasteiger partial charge >= 0.3 is 5.97 Å². The van der Waals surface area contributed by atoms with Gasteiger partial charge in [-0.3, -0.25) is 9.59 Å². The van der Waals surface area contributed by atoms with Crippen molar-refractivity contribution in [3.05, 3.63) is 35.9 Å². The Kier molecular flexibility index (Phi) is 9.74. The fourth-order valence-electron chi connectivity index (χ4n) is 5.72. The highest BCUT2D eigenvalue weighted by atomic mass is 32.2. The Bertz CT molecular complexity index is 1340. The number of carbonyl (C=O) groups is 2. The third-order valence-corrected chi connectivity index (χ3v) is 9.48. The zero-order valence-electron chi connectivity index (χ0n) is 25.7. The molecule has 1 aliphatic carbocycles. The number of hydrogen-bond acceptors (Lipinski definition) is 10. The highest BCUT2D eigenvalue weighted by Gasteiger charge is 2.44. The largest absolute Gasteiger partial charge is 0.464 e. The van der Waals surface area contributed by atoms with Crippen molar-refractivity contribution in [1.29, 1.82) is 0 Å². The van der Waals surface area contributed by atoms with Crippen LogP contribution in [-0.4, -0.2) is 81.5 Å². The molecule has 1 amide bonds. The predicted molar refractivity (Wildman–Crippen MR) is 173 cm³/mol. The van der Waals surface area contributed by atoms with Gasteiger partial charge in [-0.15, -0.1) is 0 Å². The summed E-state index contributed by atoms with van der Waals surface area (Å²) in [5, 5.41) is 2.97. The molecular weight excluding hydrogens is 588 g/mol. The summed E-state index contributed by atoms with van der Waals surface area (Å²) < 4.78 is 36.2. The van der Waals surface area contributed by atoms with E-state index < -0.39 is 17.9 Å². The molecule has 1 spiro atoms. The summed E-state index contributed by atoms with van der Waals surface area (Å²) in [5.41, 5.74) is 9.04. The fraction of sp³-hybridized carbons (Fsp3) is 0.581. The lowest BCUT2D eigenvalue weighted by atomic mass is 9.93. The van der Waals surface area contributed by atoms with Gasteiger partial charge in [-0.1, -0.05) is 0 Å². The molecule has 1 aromatic heterocycles. The van der Waals surface area contributed by atoms with Crippen LogP contribution in [0.1, 0.15) is 55.8 Å². The van der Waals surface area contributed by atoms with E-state index in [2.05, 4.69) is 14.9 Å². The highest BCUT2D eigenvalue weighted by molar-refractivity contribution is 8.00. The lowest BCUT2D eigenvalue weighted by molar-refractivity contribution is -0.144. The lowest BCUT2D eigenvalue weighted by Crippen LogP contribution is -2.40. The minimum Gasteiger partial charge on any atom is -0.464 e. The number of piperidine rings is 2. The Hall–Kier alpha value is -3.32. The van der Waals surface area contributed by atoms with Gasteiger partial charge < -0.3 is 35.2 Å². The molecule has 0 bridgehead atoms. The number of benzene rings is 1. The molecule has 2 aliphatic heterocycles. The smallest absolute Gasteiger partial charge is 0.322 e. The molecule has 2 aromatic rings. The van der Waals surface area contributed by atoms with Crippen molar-refractivity contribution < 1.29 is 23.1 Å². The van der Waals surface area contributed by atoms with Crippen molar-refractivity contribution in [2.75, 3.05) is 77.4 Å². The molecule has 2 saturated heterocycles. The summed E-state index contributed by atoms with van der Waals surface area (Å²) >= 11 is 1.41. The summed E-state index contributed by atoms with van der Waals surface area (Å²) in [7, 11) is 3.77. The van der Waals surface area contributed by atoms with Gasteiger partial charge in [0.05, 0.1) is 16.9 Å². The molecule has 13 heteroatoms. The van der Waals surface area contributed by atoms with Crippen LogP contribution in [0.5, 0.6) is 0 Å². The minimum atomic E-state index is -2.67. The normalized spacial score (nSPS) is 19.3. The van der Waals surface area contributed by atoms with Gasteiger partial charge in [0.2, 0.25) is 0 Å². The summed E-state index contributed by atoms with van der Waals surface area (Å²) in [5.74, 6) is -1.90. The Labute approximate surface area is 262 Å². The maximum Gasteiger partial charge on any atom is 0.322 e. The van der Waals surface area contributed by atoms with Crippen LogP contribution in [0.2, 0.25) is 0 Å². The number of nitrogens with zero attached hydrogens (tertiary/aromatic N) is 4. The number of esters is 1. The highest BCUT2D eigenvalue weighted by Crippen LogP contribution is 2.54. The number of pyridine rings is 1. The maximum absolute atomic E-state index is 13.9. The molecule has 3 heterocycles. The van der Waals surface area contributed by atoms with E-state index in [4.69, 9.17) is 15.5 Å². The van der Waals surface area contributed by atoms with Crippen LogP contribution in [0, 0.1) is 5.41 Å². The van der Waals surface area contributed by atoms with Crippen LogP contribution < -0.4 is 30.5 Å². The van der Waals surface area contributed by atoms with Crippen LogP contribution in [-0.2, 0) is 9.53 Å². The number of anilines is 5. The van der Waals surface area contributed by atoms with Crippen LogP contribution >= 0.6 is 11.9 Å². The Balaban J connectivity index is 1.31. The number of aromatic nitrogens is 1. The SMILES string of the molecule is C[C@@H](N)C(=O)OCCSNc1ccc(C(=O)Nc2ccc(N(C)C)c(N3CCC(F)(F)CC3)n2)c(N2CCC3(CC2)CC3)c1. The van der Waals surface area contributed by atoms with Crippen molar-refractivity contribution in [2.24, 2.45) is 11.1 Å². The third-order valence-electron chi connectivity index (χ3n) is 8.73. The van der Waals surface area contributed by atoms with Crippen LogP contribution in [0.25, 0.3) is 0 Å². The summed E-state index contributed by atoms with van der Waals surface area (Å²) in [6, 6.07) is 8.61. The maximum atomic E-state index is 13.9. The van der Waals surface area contributed by atoms with E-state index in [0.717, 1.165) is 43.0 Å². The van der Waals surface area contributed by atoms with Gasteiger partial charge in [-0.2, -0.15) is 0 Å². The monoisotopic (exact) mass is 631 g/mol. The second kappa shape index (κ2) is 13.4. The van der Waals surface area contributed by atoms with E-state index in [1.807, 2.05) is 48.2 Å². The Morgan fingerprint density at radius 1 is 1.05 bits per heavy atom. The van der Waals surface area contributed by atoms with E-state index in [-0.39, 0.29) is 38.4 Å². The third kappa shape index (κ3) is 7.84. The molecular formula is C31H43F2N7O3S. The second-order valence-electron chi connectivity index (χ2n) is 12.4. The number of halogens is 2. The molecule has 240 valence electrons.